The molecule has 0 aliphatic carbocycles. The van der Waals surface area contributed by atoms with E-state index in [9.17, 15) is 0 Å². The first-order valence-electron chi connectivity index (χ1n) is 3.36. The highest BCUT2D eigenvalue weighted by Gasteiger charge is 1.99. The summed E-state index contributed by atoms with van der Waals surface area (Å²) in [5.74, 6) is 0.159. The Balaban J connectivity index is 0.000000251. The van der Waals surface area contributed by atoms with Gasteiger partial charge in [0.25, 0.3) is 6.47 Å². The fraction of sp³-hybridized carbons (Fsp3) is 0. The molecule has 0 bridgehead atoms. The summed E-state index contributed by atoms with van der Waals surface area (Å²) in [6, 6.07) is 5.11. The largest absolute Gasteiger partial charge is 0.506 e. The van der Waals surface area contributed by atoms with Gasteiger partial charge in [-0.15, -0.1) is 5.10 Å². The lowest BCUT2D eigenvalue weighted by molar-refractivity contribution is -0.122. The number of carbonyl (C=O) groups is 1. The summed E-state index contributed by atoms with van der Waals surface area (Å²) in [5, 5.41) is 25.9. The minimum absolute atomic E-state index is 0.159. The third kappa shape index (κ3) is 1.92. The average molecular weight is 181 g/mol. The Labute approximate surface area is 72.8 Å². The number of aromatic hydroxyl groups is 1. The van der Waals surface area contributed by atoms with Gasteiger partial charge in [0.15, 0.2) is 5.52 Å². The fourth-order valence-corrected chi connectivity index (χ4v) is 0.856. The van der Waals surface area contributed by atoms with Gasteiger partial charge in [-0.3, -0.25) is 9.89 Å². The third-order valence-corrected chi connectivity index (χ3v) is 1.34. The zero-order valence-electron chi connectivity index (χ0n) is 6.51. The summed E-state index contributed by atoms with van der Waals surface area (Å²) < 4.78 is 0. The van der Waals surface area contributed by atoms with Crippen molar-refractivity contribution in [2.24, 2.45) is 0 Å². The minimum Gasteiger partial charge on any atom is -0.506 e. The molecule has 0 aliphatic rings. The fourth-order valence-electron chi connectivity index (χ4n) is 0.856. The zero-order chi connectivity index (χ0) is 9.68. The Hall–Kier alpha value is -2.11. The van der Waals surface area contributed by atoms with Gasteiger partial charge in [-0.2, -0.15) is 0 Å². The molecule has 0 saturated heterocycles. The number of nitrogens with zero attached hydrogens (tertiary/aromatic N) is 2. The van der Waals surface area contributed by atoms with E-state index in [-0.39, 0.29) is 12.2 Å². The van der Waals surface area contributed by atoms with E-state index in [1.54, 1.807) is 18.2 Å². The first kappa shape index (κ1) is 8.98. The number of carboxylic acid groups (broad SMARTS) is 1. The van der Waals surface area contributed by atoms with E-state index < -0.39 is 0 Å². The number of hydrogen-bond donors (Lipinski definition) is 3. The number of hydrogen-bond acceptors (Lipinski definition) is 4. The quantitative estimate of drug-likeness (QED) is 0.510. The second-order valence-electron chi connectivity index (χ2n) is 2.09. The molecule has 2 aromatic rings. The van der Waals surface area contributed by atoms with Crippen molar-refractivity contribution < 1.29 is 15.0 Å². The normalized spacial score (nSPS) is 8.92. The van der Waals surface area contributed by atoms with Crippen molar-refractivity contribution in [3.05, 3.63) is 18.2 Å². The van der Waals surface area contributed by atoms with Crippen LogP contribution in [0.3, 0.4) is 0 Å². The van der Waals surface area contributed by atoms with Crippen LogP contribution in [-0.2, 0) is 4.79 Å². The van der Waals surface area contributed by atoms with E-state index in [2.05, 4.69) is 15.4 Å². The van der Waals surface area contributed by atoms with E-state index in [1.165, 1.54) is 0 Å². The molecule has 0 spiro atoms. The number of phenols is 1. The average Bonchev–Trinajstić information content (AvgIpc) is 2.54. The van der Waals surface area contributed by atoms with Gasteiger partial charge in [0, 0.05) is 0 Å². The first-order valence-corrected chi connectivity index (χ1v) is 3.36. The minimum atomic E-state index is -0.250. The van der Waals surface area contributed by atoms with Gasteiger partial charge in [-0.1, -0.05) is 11.3 Å². The highest BCUT2D eigenvalue weighted by molar-refractivity contribution is 5.79. The van der Waals surface area contributed by atoms with Gasteiger partial charge in [0.1, 0.15) is 5.75 Å². The lowest BCUT2D eigenvalue weighted by Gasteiger charge is -1.87. The number of benzene rings is 1. The SMILES string of the molecule is O=CO.Oc1cccc2[nH]nnc12. The molecule has 3 N–H and O–H groups in total. The van der Waals surface area contributed by atoms with Crippen molar-refractivity contribution in [1.29, 1.82) is 0 Å². The molecule has 2 rings (SSSR count). The maximum Gasteiger partial charge on any atom is 0.290 e. The Bertz CT molecular complexity index is 399. The maximum atomic E-state index is 9.14. The second-order valence-corrected chi connectivity index (χ2v) is 2.09. The van der Waals surface area contributed by atoms with Gasteiger partial charge in [0.2, 0.25) is 0 Å². The monoisotopic (exact) mass is 181 g/mol. The predicted molar refractivity (Wildman–Crippen MR) is 44.2 cm³/mol. The molecule has 1 aromatic heterocycles. The number of aromatic amines is 1. The Morgan fingerprint density at radius 1 is 1.46 bits per heavy atom. The van der Waals surface area contributed by atoms with E-state index in [0.717, 1.165) is 5.52 Å². The molecule has 0 saturated carbocycles. The van der Waals surface area contributed by atoms with Crippen LogP contribution < -0.4 is 0 Å². The van der Waals surface area contributed by atoms with Gasteiger partial charge in [-0.25, -0.2) is 0 Å². The Morgan fingerprint density at radius 3 is 2.77 bits per heavy atom. The Morgan fingerprint density at radius 2 is 2.15 bits per heavy atom. The van der Waals surface area contributed by atoms with Gasteiger partial charge < -0.3 is 10.2 Å². The van der Waals surface area contributed by atoms with E-state index in [0.29, 0.717) is 5.52 Å². The van der Waals surface area contributed by atoms with Crippen molar-refractivity contribution in [3.63, 3.8) is 0 Å². The standard InChI is InChI=1S/C6H5N3O.CH2O2/c10-5-3-1-2-4-6(5)8-9-7-4;2-1-3/h1-3,10H,(H,7,8,9);1H,(H,2,3). The molecule has 0 atom stereocenters. The summed E-state index contributed by atoms with van der Waals surface area (Å²) in [5.41, 5.74) is 1.27. The summed E-state index contributed by atoms with van der Waals surface area (Å²) in [6.45, 7) is -0.250. The van der Waals surface area contributed by atoms with Crippen LogP contribution in [0.15, 0.2) is 18.2 Å². The zero-order valence-corrected chi connectivity index (χ0v) is 6.51. The van der Waals surface area contributed by atoms with Crippen LogP contribution in [0.25, 0.3) is 11.0 Å². The molecule has 1 aromatic carbocycles. The van der Waals surface area contributed by atoms with Crippen LogP contribution in [0.4, 0.5) is 0 Å². The predicted octanol–water partition coefficient (Wildman–Crippen LogP) is 0.364. The Kier molecular flexibility index (Phi) is 2.80. The topological polar surface area (TPSA) is 99.1 Å². The van der Waals surface area contributed by atoms with Crippen molar-refractivity contribution in [3.8, 4) is 5.75 Å². The third-order valence-electron chi connectivity index (χ3n) is 1.34. The molecule has 1 heterocycles. The van der Waals surface area contributed by atoms with E-state index in [4.69, 9.17) is 15.0 Å². The molecule has 0 aliphatic heterocycles. The van der Waals surface area contributed by atoms with Crippen molar-refractivity contribution in [1.82, 2.24) is 15.4 Å². The van der Waals surface area contributed by atoms with Crippen LogP contribution in [0.1, 0.15) is 0 Å². The molecule has 6 heteroatoms. The van der Waals surface area contributed by atoms with Crippen LogP contribution in [0.2, 0.25) is 0 Å². The molecule has 0 radical (unpaired) electrons. The number of H-pyrrole nitrogens is 1. The van der Waals surface area contributed by atoms with Crippen LogP contribution >= 0.6 is 0 Å². The smallest absolute Gasteiger partial charge is 0.290 e. The molecule has 0 amide bonds. The number of aromatic nitrogens is 3. The number of fused-ring (bicyclic) bond motifs is 1. The van der Waals surface area contributed by atoms with E-state index >= 15 is 0 Å². The van der Waals surface area contributed by atoms with Crippen molar-refractivity contribution in [2.45, 2.75) is 0 Å². The molecule has 0 fully saturated rings. The highest BCUT2D eigenvalue weighted by Crippen LogP contribution is 2.18. The molecular weight excluding hydrogens is 174 g/mol. The molecular formula is C7H7N3O3. The van der Waals surface area contributed by atoms with E-state index in [1.807, 2.05) is 0 Å². The molecule has 13 heavy (non-hydrogen) atoms. The van der Waals surface area contributed by atoms with Gasteiger partial charge >= 0.3 is 0 Å². The van der Waals surface area contributed by atoms with Gasteiger partial charge in [0.05, 0.1) is 5.52 Å². The molecule has 6 nitrogen and oxygen atoms in total. The summed E-state index contributed by atoms with van der Waals surface area (Å²) >= 11 is 0. The number of rotatable bonds is 0. The summed E-state index contributed by atoms with van der Waals surface area (Å²) in [7, 11) is 0. The summed E-state index contributed by atoms with van der Waals surface area (Å²) in [6.07, 6.45) is 0. The second kappa shape index (κ2) is 4.05. The van der Waals surface area contributed by atoms with Crippen LogP contribution in [0.5, 0.6) is 5.75 Å². The van der Waals surface area contributed by atoms with Gasteiger partial charge in [-0.05, 0) is 12.1 Å². The first-order chi connectivity index (χ1) is 6.29. The highest BCUT2D eigenvalue weighted by atomic mass is 16.3. The van der Waals surface area contributed by atoms with Crippen molar-refractivity contribution in [2.75, 3.05) is 0 Å². The maximum absolute atomic E-state index is 9.14. The molecule has 0 unspecified atom stereocenters. The number of phenolic OH excluding ortho intramolecular Hbond substituents is 1. The van der Waals surface area contributed by atoms with Crippen LogP contribution in [0, 0.1) is 0 Å². The van der Waals surface area contributed by atoms with Crippen molar-refractivity contribution >= 4 is 17.5 Å². The lowest BCUT2D eigenvalue weighted by Crippen LogP contribution is -1.68. The number of nitrogens with one attached hydrogen (secondary N) is 1. The lowest BCUT2D eigenvalue weighted by atomic mass is 10.3. The molecule has 68 valence electrons. The van der Waals surface area contributed by atoms with Crippen LogP contribution in [-0.4, -0.2) is 32.1 Å². The summed E-state index contributed by atoms with van der Waals surface area (Å²) in [4.78, 5) is 8.36.